The van der Waals surface area contributed by atoms with Gasteiger partial charge in [-0.25, -0.2) is 0 Å². The molecule has 1 aromatic heterocycles. The van der Waals surface area contributed by atoms with Crippen molar-refractivity contribution in [2.75, 3.05) is 0 Å². The molecule has 4 aliphatic rings. The summed E-state index contributed by atoms with van der Waals surface area (Å²) in [6.07, 6.45) is -4.56. The SMILES string of the molecule is CC(C)(C)O.CC(C)(C)O.CC(C)(C)[CH]=[Mo]=[N]C12CC3CC(CC(C3)C1)C2.CC(C)(O)C(F)(F)F.CC(C)(O)C(F)(F)F.CC(C)(O)C(F)(F)F.CC(C)c1cccc(C(C)C)c1[N]=[Mo]=[CH]C(C)(C)C.CC(C)c1cccc(C(C)C)c1[N]=[Mo]=[CH]C(C)(C)C.Cc1ccc(C)[n-]1. The summed E-state index contributed by atoms with van der Waals surface area (Å²) < 4.78 is 124. The zero-order valence-corrected chi connectivity index (χ0v) is 70.3. The van der Waals surface area contributed by atoms with Gasteiger partial charge in [0.25, 0.3) is 0 Å². The largest absolute Gasteiger partial charge is 0.665 e. The van der Waals surface area contributed by atoms with Crippen molar-refractivity contribution in [1.82, 2.24) is 4.98 Å². The number of hydrogen-bond acceptors (Lipinski definition) is 8. The molecule has 4 fully saturated rings. The molecule has 0 spiro atoms. The molecular weight excluding hydrogens is 1500 g/mol. The molecule has 21 heteroatoms. The number of halogens is 9. The van der Waals surface area contributed by atoms with Crippen LogP contribution in [0.5, 0.6) is 0 Å². The van der Waals surface area contributed by atoms with Gasteiger partial charge in [-0.2, -0.15) is 50.9 Å². The summed E-state index contributed by atoms with van der Waals surface area (Å²) in [5.74, 6) is 5.31. The standard InChI is InChI=1S/2C12H17N.C10H15N.C6H8N.3C5H10.3C4H7F3O.2C4H10O.3Mo/c2*1-8(2)10-6-5-7-11(9(3)4)12(10)13;11-10-4-7-1-8(5-10)3-9(2-7)6-10;1-5-3-4-6(2)7-5;3*1-5(2,3)4;3*1-3(2,8)4(5,6)7;2*1-4(2,3)5;;;/h2*5-9H,1-4H3;7-9H,1-6H2;3-4H,1-2H3;3*1H,2-4H3;3*8H,1-2H3;2*5H,1-3H3;;;/q;;;-1;;;;;;;;;;;. The number of hydrogen-bond donors (Lipinski definition) is 5. The van der Waals surface area contributed by atoms with Crippen LogP contribution >= 0.6 is 0 Å². The van der Waals surface area contributed by atoms with Gasteiger partial charge in [0.2, 0.25) is 0 Å². The summed E-state index contributed by atoms with van der Waals surface area (Å²) in [5.41, 5.74) is 3.11. The molecule has 0 amide bonds. The molecule has 3 aromatic rings. The van der Waals surface area contributed by atoms with Crippen LogP contribution in [0.25, 0.3) is 0 Å². The van der Waals surface area contributed by atoms with E-state index < -0.39 is 82.4 Å². The number of alkyl halides is 9. The van der Waals surface area contributed by atoms with Crippen molar-refractivity contribution in [2.24, 2.45) is 44.5 Å². The number of rotatable bonds is 7. The van der Waals surface area contributed by atoms with Crippen LogP contribution in [-0.2, 0) is 53.8 Å². The topological polar surface area (TPSA) is 152 Å². The summed E-state index contributed by atoms with van der Waals surface area (Å²) >= 11 is -1.04. The average Bonchev–Trinajstić information content (AvgIpc) is 0.790. The number of aryl methyl sites for hydroxylation is 2. The number of benzene rings is 2. The Labute approximate surface area is 599 Å². The third-order valence-electron chi connectivity index (χ3n) is 13.4. The summed E-state index contributed by atoms with van der Waals surface area (Å²) in [6.45, 7) is 57.2. The van der Waals surface area contributed by atoms with Gasteiger partial charge in [-0.15, -0.1) is 0 Å². The second-order valence-electron chi connectivity index (χ2n) is 33.6. The molecule has 0 atom stereocenters. The van der Waals surface area contributed by atoms with E-state index in [4.69, 9.17) is 36.0 Å². The maximum Gasteiger partial charge on any atom is -0.0607 e. The van der Waals surface area contributed by atoms with Gasteiger partial charge in [0.15, 0.2) is 16.8 Å². The molecule has 0 unspecified atom stereocenters. The second-order valence-corrected chi connectivity index (χ2v) is 38.3. The fraction of sp³-hybridized carbons (Fsp3) is 0.747. The predicted octanol–water partition coefficient (Wildman–Crippen LogP) is 22.2. The zero-order valence-electron chi connectivity index (χ0n) is 64.3. The summed E-state index contributed by atoms with van der Waals surface area (Å²) in [7, 11) is 0. The smallest absolute Gasteiger partial charge is 0.0607 e. The fourth-order valence-corrected chi connectivity index (χ4v) is 14.2. The van der Waals surface area contributed by atoms with Gasteiger partial charge < -0.3 is 30.5 Å². The average molecular weight is 1620 g/mol. The number of aromatic nitrogens is 1. The van der Waals surface area contributed by atoms with Crippen LogP contribution in [0.2, 0.25) is 0 Å². The molecule has 1 heterocycles. The van der Waals surface area contributed by atoms with Gasteiger partial charge >= 0.3 is 385 Å². The molecule has 2 aromatic carbocycles. The minimum atomic E-state index is -4.51. The monoisotopic (exact) mass is 1630 g/mol. The first-order valence-electron chi connectivity index (χ1n) is 33.2. The summed E-state index contributed by atoms with van der Waals surface area (Å²) in [6, 6.07) is 17.3. The summed E-state index contributed by atoms with van der Waals surface area (Å²) in [4.78, 5) is 4.11. The molecule has 4 saturated carbocycles. The van der Waals surface area contributed by atoms with Crippen molar-refractivity contribution >= 4 is 24.6 Å². The van der Waals surface area contributed by atoms with E-state index in [1.165, 1.54) is 72.2 Å². The second kappa shape index (κ2) is 40.7. The molecule has 9 nitrogen and oxygen atoms in total. The predicted molar refractivity (Wildman–Crippen MR) is 374 cm³/mol. The third-order valence-corrected chi connectivity index (χ3v) is 22.1. The van der Waals surface area contributed by atoms with Crippen molar-refractivity contribution in [3.05, 3.63) is 82.2 Å². The van der Waals surface area contributed by atoms with Gasteiger partial charge in [0.05, 0.1) is 11.2 Å². The Morgan fingerprint density at radius 3 is 0.750 bits per heavy atom. The molecule has 0 saturated heterocycles. The van der Waals surface area contributed by atoms with Crippen LogP contribution in [0.1, 0.15) is 297 Å². The number of aliphatic hydroxyl groups is 5. The van der Waals surface area contributed by atoms with E-state index >= 15 is 0 Å². The van der Waals surface area contributed by atoms with Crippen molar-refractivity contribution < 1.29 is 119 Å². The first kappa shape index (κ1) is 98.1. The minimum absolute atomic E-state index is 0.214. The Hall–Kier alpha value is -2.04. The maximum absolute atomic E-state index is 11.3. The van der Waals surface area contributed by atoms with E-state index in [-0.39, 0.29) is 28.7 Å². The van der Waals surface area contributed by atoms with Crippen molar-refractivity contribution in [1.29, 1.82) is 0 Å². The fourth-order valence-electron chi connectivity index (χ4n) is 8.78. The van der Waals surface area contributed by atoms with E-state index in [2.05, 4.69) is 172 Å². The van der Waals surface area contributed by atoms with E-state index in [0.29, 0.717) is 76.2 Å². The van der Waals surface area contributed by atoms with E-state index in [1.807, 2.05) is 26.0 Å². The van der Waals surface area contributed by atoms with Crippen molar-refractivity contribution in [3.63, 3.8) is 0 Å². The minimum Gasteiger partial charge on any atom is -0.665 e. The molecule has 0 aliphatic heterocycles. The quantitative estimate of drug-likeness (QED) is 0.117. The Morgan fingerprint density at radius 1 is 0.396 bits per heavy atom. The van der Waals surface area contributed by atoms with Gasteiger partial charge in [0.1, 0.15) is 0 Å². The molecule has 96 heavy (non-hydrogen) atoms. The first-order chi connectivity index (χ1) is 42.4. The summed E-state index contributed by atoms with van der Waals surface area (Å²) in [5, 5.41) is 41.7. The van der Waals surface area contributed by atoms with E-state index in [0.717, 1.165) is 29.1 Å². The molecule has 4 bridgehead atoms. The van der Waals surface area contributed by atoms with Crippen molar-refractivity contribution in [3.8, 4) is 0 Å². The Bertz CT molecular complexity index is 2610. The first-order valence-corrected chi connectivity index (χ1v) is 39.4. The third kappa shape index (κ3) is 47.2. The van der Waals surface area contributed by atoms with E-state index in [9.17, 15) is 39.5 Å². The van der Waals surface area contributed by atoms with E-state index in [1.54, 1.807) is 41.5 Å². The van der Waals surface area contributed by atoms with Crippen molar-refractivity contribution in [2.45, 2.75) is 329 Å². The van der Waals surface area contributed by atoms with Gasteiger partial charge in [-0.05, 0) is 83.1 Å². The van der Waals surface area contributed by atoms with Crippen LogP contribution < -0.4 is 4.98 Å². The van der Waals surface area contributed by atoms with Crippen LogP contribution in [-0.4, -0.2) is 90.8 Å². The van der Waals surface area contributed by atoms with Crippen LogP contribution in [0, 0.1) is 47.8 Å². The van der Waals surface area contributed by atoms with Gasteiger partial charge in [0, 0.05) is 0 Å². The molecule has 5 N–H and O–H groups in total. The number of nitrogens with zero attached hydrogens (tertiary/aromatic N) is 4. The Balaban J connectivity index is -0.00000106. The normalized spacial score (nSPS) is 17.9. The molecular formula is C75H128F9Mo3N4O5-. The van der Waals surface area contributed by atoms with Crippen LogP contribution in [0.4, 0.5) is 50.9 Å². The Morgan fingerprint density at radius 2 is 0.594 bits per heavy atom. The molecule has 7 rings (SSSR count). The Kier molecular flexibility index (Phi) is 41.6. The molecule has 560 valence electrons. The van der Waals surface area contributed by atoms with Gasteiger partial charge in [-0.3, -0.25) is 0 Å². The molecule has 0 radical (unpaired) electrons. The van der Waals surface area contributed by atoms with Gasteiger partial charge in [-0.1, -0.05) is 26.0 Å². The maximum atomic E-state index is 11.3. The zero-order chi connectivity index (χ0) is 76.6. The van der Waals surface area contributed by atoms with Crippen LogP contribution in [0.15, 0.2) is 59.0 Å². The van der Waals surface area contributed by atoms with Crippen LogP contribution in [0.3, 0.4) is 0 Å². The molecule has 4 aliphatic carbocycles.